The quantitative estimate of drug-likeness (QED) is 0.507. The van der Waals surface area contributed by atoms with E-state index in [4.69, 9.17) is 10.00 Å². The molecule has 0 spiro atoms. The highest BCUT2D eigenvalue weighted by molar-refractivity contribution is 5.94. The molecule has 3 heterocycles. The Morgan fingerprint density at radius 3 is 2.66 bits per heavy atom. The predicted octanol–water partition coefficient (Wildman–Crippen LogP) is 3.04. The van der Waals surface area contributed by atoms with Crippen molar-refractivity contribution in [2.45, 2.75) is 57.9 Å². The van der Waals surface area contributed by atoms with E-state index in [2.05, 4.69) is 16.9 Å². The van der Waals surface area contributed by atoms with E-state index in [-0.39, 0.29) is 49.4 Å². The molecule has 0 radical (unpaired) electrons. The number of fused-ring (bicyclic) bond motifs is 1. The van der Waals surface area contributed by atoms with Gasteiger partial charge in [0, 0.05) is 33.4 Å². The minimum atomic E-state index is -0.277. The maximum absolute atomic E-state index is 13.2. The van der Waals surface area contributed by atoms with Crippen molar-refractivity contribution in [2.75, 3.05) is 45.2 Å². The summed E-state index contributed by atoms with van der Waals surface area (Å²) in [5.74, 6) is 0.644. The molecule has 0 aromatic carbocycles. The number of hydrogen-bond donors (Lipinski definition) is 0. The van der Waals surface area contributed by atoms with Crippen LogP contribution in [0.2, 0.25) is 0 Å². The van der Waals surface area contributed by atoms with Crippen LogP contribution in [0.1, 0.15) is 51.9 Å². The zero-order valence-electron chi connectivity index (χ0n) is 22.5. The number of anilines is 1. The lowest BCUT2D eigenvalue weighted by atomic mass is 9.89. The highest BCUT2D eigenvalue weighted by Crippen LogP contribution is 2.30. The van der Waals surface area contributed by atoms with Gasteiger partial charge in [0.2, 0.25) is 5.91 Å². The van der Waals surface area contributed by atoms with Gasteiger partial charge in [-0.25, -0.2) is 14.8 Å². The molecule has 4 rings (SSSR count). The Hall–Kier alpha value is -3.68. The summed E-state index contributed by atoms with van der Waals surface area (Å²) in [7, 11) is 3.61. The van der Waals surface area contributed by atoms with E-state index >= 15 is 0 Å². The van der Waals surface area contributed by atoms with Crippen molar-refractivity contribution in [3.63, 3.8) is 0 Å². The van der Waals surface area contributed by atoms with Gasteiger partial charge in [-0.2, -0.15) is 5.26 Å². The molecule has 2 aliphatic rings. The first-order valence-electron chi connectivity index (χ1n) is 13.4. The number of carbonyl (C=O) groups is 3. The van der Waals surface area contributed by atoms with E-state index in [9.17, 15) is 14.4 Å². The number of rotatable bonds is 7. The van der Waals surface area contributed by atoms with Gasteiger partial charge in [0.15, 0.2) is 5.65 Å². The molecule has 0 unspecified atom stereocenters. The molecule has 2 aromatic rings. The van der Waals surface area contributed by atoms with Crippen LogP contribution in [-0.4, -0.2) is 88.6 Å². The van der Waals surface area contributed by atoms with Crippen molar-refractivity contribution in [3.8, 4) is 6.07 Å². The molecule has 0 bridgehead atoms. The largest absolute Gasteiger partial charge is 0.464 e. The van der Waals surface area contributed by atoms with Crippen LogP contribution >= 0.6 is 0 Å². The van der Waals surface area contributed by atoms with Crippen LogP contribution in [0.3, 0.4) is 0 Å². The topological polar surface area (TPSA) is 125 Å². The summed E-state index contributed by atoms with van der Waals surface area (Å²) in [4.78, 5) is 52.1. The molecule has 2 atom stereocenters. The van der Waals surface area contributed by atoms with Gasteiger partial charge in [0.25, 0.3) is 0 Å². The molecule has 1 saturated carbocycles. The van der Waals surface area contributed by atoms with E-state index in [0.717, 1.165) is 37.5 Å². The predicted molar refractivity (Wildman–Crippen MR) is 141 cm³/mol. The minimum absolute atomic E-state index is 0.00469. The van der Waals surface area contributed by atoms with E-state index in [0.29, 0.717) is 30.5 Å². The average Bonchev–Trinajstić information content (AvgIpc) is 3.37. The van der Waals surface area contributed by atoms with Crippen LogP contribution in [0.5, 0.6) is 0 Å². The molecule has 2 fully saturated rings. The van der Waals surface area contributed by atoms with Crippen LogP contribution in [0.25, 0.3) is 11.0 Å². The molecule has 0 N–H and O–H groups in total. The fourth-order valence-corrected chi connectivity index (χ4v) is 5.51. The van der Waals surface area contributed by atoms with Crippen molar-refractivity contribution in [1.82, 2.24) is 24.3 Å². The Morgan fingerprint density at radius 1 is 1.16 bits per heavy atom. The van der Waals surface area contributed by atoms with E-state index in [1.807, 2.05) is 24.1 Å². The lowest BCUT2D eigenvalue weighted by molar-refractivity contribution is -0.149. The first-order valence-corrected chi connectivity index (χ1v) is 13.4. The second-order valence-corrected chi connectivity index (χ2v) is 10.4. The maximum atomic E-state index is 13.2. The SMILES string of the molecule is C[C@@H]1CCN(C(=O)CC#N)C[C@@H]1N(C)c1ncnc2c1ccn2C(=O)N(C)CCOC(=O)C1CCCCC1. The molecule has 2 amide bonds. The zero-order valence-corrected chi connectivity index (χ0v) is 22.5. The van der Waals surface area contributed by atoms with Crippen molar-refractivity contribution >= 4 is 34.8 Å². The molecule has 11 heteroatoms. The number of ether oxygens (including phenoxy) is 1. The lowest BCUT2D eigenvalue weighted by Crippen LogP contribution is -2.52. The van der Waals surface area contributed by atoms with E-state index in [1.54, 1.807) is 18.1 Å². The highest BCUT2D eigenvalue weighted by atomic mass is 16.5. The molecular weight excluding hydrogens is 486 g/mol. The Bertz CT molecular complexity index is 1200. The van der Waals surface area contributed by atoms with Crippen molar-refractivity contribution in [2.24, 2.45) is 11.8 Å². The van der Waals surface area contributed by atoms with Crippen LogP contribution in [0, 0.1) is 23.2 Å². The Labute approximate surface area is 223 Å². The van der Waals surface area contributed by atoms with E-state index < -0.39 is 0 Å². The van der Waals surface area contributed by atoms with Crippen LogP contribution in [0.4, 0.5) is 10.6 Å². The Morgan fingerprint density at radius 2 is 1.92 bits per heavy atom. The van der Waals surface area contributed by atoms with Crippen molar-refractivity contribution in [1.29, 1.82) is 5.26 Å². The number of carbonyl (C=O) groups excluding carboxylic acids is 3. The monoisotopic (exact) mass is 523 g/mol. The molecule has 1 aliphatic heterocycles. The number of piperidine rings is 1. The Balaban J connectivity index is 1.43. The van der Waals surface area contributed by atoms with Crippen LogP contribution in [-0.2, 0) is 14.3 Å². The summed E-state index contributed by atoms with van der Waals surface area (Å²) in [6.07, 6.45) is 8.89. The fourth-order valence-electron chi connectivity index (χ4n) is 5.51. The summed E-state index contributed by atoms with van der Waals surface area (Å²) in [6.45, 7) is 3.72. The van der Waals surface area contributed by atoms with Gasteiger partial charge in [-0.15, -0.1) is 0 Å². The number of hydrogen-bond acceptors (Lipinski definition) is 8. The lowest BCUT2D eigenvalue weighted by Gasteiger charge is -2.42. The van der Waals surface area contributed by atoms with Crippen molar-refractivity contribution in [3.05, 3.63) is 18.6 Å². The third-order valence-electron chi connectivity index (χ3n) is 7.94. The number of amides is 2. The summed E-state index contributed by atoms with van der Waals surface area (Å²) in [5, 5.41) is 9.65. The standard InChI is InChI=1S/C27H37N7O4/c1-19-10-13-33(23(35)9-12-28)17-22(19)32(3)24-21-11-14-34(25(21)30-18-29-24)27(37)31(2)15-16-38-26(36)20-7-5-4-6-8-20/h11,14,18-20,22H,4-10,13,15-17H2,1-3H3/t19-,22+/m1/s1. The third kappa shape index (κ3) is 5.90. The minimum Gasteiger partial charge on any atom is -0.464 e. The smallest absolute Gasteiger partial charge is 0.329 e. The van der Waals surface area contributed by atoms with Gasteiger partial charge >= 0.3 is 12.0 Å². The summed E-state index contributed by atoms with van der Waals surface area (Å²) < 4.78 is 6.93. The molecule has 2 aromatic heterocycles. The number of nitrogens with zero attached hydrogens (tertiary/aromatic N) is 7. The normalized spacial score (nSPS) is 20.1. The van der Waals surface area contributed by atoms with Crippen LogP contribution in [0.15, 0.2) is 18.6 Å². The molecule has 204 valence electrons. The highest BCUT2D eigenvalue weighted by Gasteiger charge is 2.33. The second-order valence-electron chi connectivity index (χ2n) is 10.4. The number of likely N-dealkylation sites (N-methyl/N-ethyl adjacent to an activating group) is 2. The van der Waals surface area contributed by atoms with Crippen molar-refractivity contribution < 1.29 is 19.1 Å². The Kier molecular flexibility index (Phi) is 8.81. The molecule has 1 aliphatic carbocycles. The second kappa shape index (κ2) is 12.2. The first-order chi connectivity index (χ1) is 18.3. The molecular formula is C27H37N7O4. The molecule has 1 saturated heterocycles. The fraction of sp³-hybridized carbons (Fsp3) is 0.630. The van der Waals surface area contributed by atoms with Gasteiger partial charge < -0.3 is 19.4 Å². The first kappa shape index (κ1) is 27.4. The van der Waals surface area contributed by atoms with Gasteiger partial charge in [0.1, 0.15) is 25.2 Å². The average molecular weight is 524 g/mol. The number of likely N-dealkylation sites (tertiary alicyclic amines) is 1. The van der Waals surface area contributed by atoms with Gasteiger partial charge in [-0.3, -0.25) is 14.2 Å². The number of esters is 1. The maximum Gasteiger partial charge on any atom is 0.329 e. The number of aromatic nitrogens is 3. The van der Waals surface area contributed by atoms with E-state index in [1.165, 1.54) is 22.2 Å². The zero-order chi connectivity index (χ0) is 27.2. The van der Waals surface area contributed by atoms with Gasteiger partial charge in [0.05, 0.1) is 30.0 Å². The molecule has 11 nitrogen and oxygen atoms in total. The third-order valence-corrected chi connectivity index (χ3v) is 7.94. The number of nitriles is 1. The molecule has 38 heavy (non-hydrogen) atoms. The van der Waals surface area contributed by atoms with Crippen LogP contribution < -0.4 is 4.90 Å². The van der Waals surface area contributed by atoms with Gasteiger partial charge in [-0.05, 0) is 31.2 Å². The van der Waals surface area contributed by atoms with Gasteiger partial charge in [-0.1, -0.05) is 26.2 Å². The summed E-state index contributed by atoms with van der Waals surface area (Å²) in [6, 6.07) is 3.49. The summed E-state index contributed by atoms with van der Waals surface area (Å²) in [5.41, 5.74) is 0.485. The summed E-state index contributed by atoms with van der Waals surface area (Å²) >= 11 is 0.